The number of nitrogens with one attached hydrogen (secondary N) is 1. The molecule has 8 heteroatoms. The van der Waals surface area contributed by atoms with Gasteiger partial charge in [-0.05, 0) is 38.7 Å². The van der Waals surface area contributed by atoms with Crippen molar-refractivity contribution >= 4 is 24.2 Å². The third-order valence-electron chi connectivity index (χ3n) is 3.80. The number of aliphatic imine (C=N–C) groups is 1. The van der Waals surface area contributed by atoms with Crippen LogP contribution in [-0.2, 0) is 25.7 Å². The van der Waals surface area contributed by atoms with Crippen molar-refractivity contribution in [2.45, 2.75) is 71.8 Å². The Kier molecular flexibility index (Phi) is 10.0. The molecular weight excluding hydrogens is 388 g/mol. The molecule has 30 heavy (non-hydrogen) atoms. The monoisotopic (exact) mass is 420 g/mol. The molecule has 1 aromatic rings. The molecule has 1 aromatic carbocycles. The number of nitrogens with zero attached hydrogens (tertiary/aromatic N) is 1. The minimum atomic E-state index is -1.32. The number of carbonyl (C=O) groups is 3. The van der Waals surface area contributed by atoms with Crippen LogP contribution in [0.25, 0.3) is 0 Å². The lowest BCUT2D eigenvalue weighted by Gasteiger charge is -2.22. The van der Waals surface area contributed by atoms with Crippen LogP contribution >= 0.6 is 0 Å². The molecule has 0 aromatic heterocycles. The van der Waals surface area contributed by atoms with Gasteiger partial charge in [-0.2, -0.15) is 0 Å². The number of hydrogen-bond acceptors (Lipinski definition) is 6. The summed E-state index contributed by atoms with van der Waals surface area (Å²) in [6, 6.07) is 7.31. The summed E-state index contributed by atoms with van der Waals surface area (Å²) >= 11 is 0. The van der Waals surface area contributed by atoms with E-state index in [0.29, 0.717) is 12.7 Å². The van der Waals surface area contributed by atoms with Crippen LogP contribution in [-0.4, -0.2) is 47.0 Å². The third kappa shape index (κ3) is 10.6. The summed E-state index contributed by atoms with van der Waals surface area (Å²) in [5.74, 6) is -0.960. The van der Waals surface area contributed by atoms with E-state index in [1.54, 1.807) is 20.8 Å². The fraction of sp³-hybridized carbons (Fsp3) is 0.545. The maximum absolute atomic E-state index is 12.0. The molecule has 1 amide bonds. The molecule has 8 nitrogen and oxygen atoms in total. The summed E-state index contributed by atoms with van der Waals surface area (Å²) in [5.41, 5.74) is 0.0944. The van der Waals surface area contributed by atoms with Crippen molar-refractivity contribution < 1.29 is 29.0 Å². The SMILES string of the molecule is CC(C)C[C@H](C=O)N=C(C[C@H](NC(=O)OC(C)(C)C)C(=O)O)OCc1ccccc1. The van der Waals surface area contributed by atoms with Gasteiger partial charge in [0.25, 0.3) is 0 Å². The zero-order chi connectivity index (χ0) is 22.7. The summed E-state index contributed by atoms with van der Waals surface area (Å²) in [5, 5.41) is 11.9. The first-order chi connectivity index (χ1) is 14.0. The van der Waals surface area contributed by atoms with Gasteiger partial charge in [0.15, 0.2) is 5.90 Å². The van der Waals surface area contributed by atoms with E-state index in [1.807, 2.05) is 44.2 Å². The summed E-state index contributed by atoms with van der Waals surface area (Å²) in [7, 11) is 0. The number of carbonyl (C=O) groups excluding carboxylic acids is 2. The van der Waals surface area contributed by atoms with Gasteiger partial charge < -0.3 is 24.7 Å². The van der Waals surface area contributed by atoms with Gasteiger partial charge in [0.05, 0.1) is 6.42 Å². The van der Waals surface area contributed by atoms with Crippen LogP contribution in [0.5, 0.6) is 0 Å². The molecule has 0 fully saturated rings. The number of benzene rings is 1. The highest BCUT2D eigenvalue weighted by Crippen LogP contribution is 2.12. The Balaban J connectivity index is 2.99. The average Bonchev–Trinajstić information content (AvgIpc) is 2.63. The Morgan fingerprint density at radius 3 is 2.33 bits per heavy atom. The summed E-state index contributed by atoms with van der Waals surface area (Å²) in [4.78, 5) is 39.5. The summed E-state index contributed by atoms with van der Waals surface area (Å²) < 4.78 is 10.9. The Bertz CT molecular complexity index is 725. The van der Waals surface area contributed by atoms with Gasteiger partial charge >= 0.3 is 12.1 Å². The van der Waals surface area contributed by atoms with Gasteiger partial charge in [0.1, 0.15) is 30.6 Å². The number of rotatable bonds is 10. The minimum Gasteiger partial charge on any atom is -0.480 e. The van der Waals surface area contributed by atoms with Crippen molar-refractivity contribution in [3.8, 4) is 0 Å². The van der Waals surface area contributed by atoms with E-state index in [1.165, 1.54) is 0 Å². The molecule has 0 aliphatic rings. The molecule has 0 spiro atoms. The fourth-order valence-corrected chi connectivity index (χ4v) is 2.52. The van der Waals surface area contributed by atoms with E-state index >= 15 is 0 Å². The van der Waals surface area contributed by atoms with Crippen molar-refractivity contribution in [3.63, 3.8) is 0 Å². The average molecular weight is 421 g/mol. The molecule has 0 saturated carbocycles. The van der Waals surface area contributed by atoms with Crippen LogP contribution in [0, 0.1) is 5.92 Å². The number of ether oxygens (including phenoxy) is 2. The normalized spacial score (nSPS) is 14.0. The lowest BCUT2D eigenvalue weighted by atomic mass is 10.1. The standard InChI is InChI=1S/C22H32N2O6/c1-15(2)11-17(13-25)23-19(29-14-16-9-7-6-8-10-16)12-18(20(26)27)24-21(28)30-22(3,4)5/h6-10,13,15,17-18H,11-12,14H2,1-5H3,(H,24,28)(H,26,27)/t17-,18+/m1/s1. The quantitative estimate of drug-likeness (QED) is 0.340. The number of carboxylic acid groups (broad SMARTS) is 1. The maximum Gasteiger partial charge on any atom is 0.408 e. The van der Waals surface area contributed by atoms with Gasteiger partial charge in [0, 0.05) is 0 Å². The highest BCUT2D eigenvalue weighted by molar-refractivity contribution is 5.88. The Hall–Kier alpha value is -2.90. The van der Waals surface area contributed by atoms with Crippen LogP contribution in [0.2, 0.25) is 0 Å². The van der Waals surface area contributed by atoms with Crippen LogP contribution in [0.1, 0.15) is 53.0 Å². The van der Waals surface area contributed by atoms with Crippen molar-refractivity contribution in [1.29, 1.82) is 0 Å². The van der Waals surface area contributed by atoms with Gasteiger partial charge in [0.2, 0.25) is 0 Å². The lowest BCUT2D eigenvalue weighted by molar-refractivity contribution is -0.139. The number of aldehydes is 1. The van der Waals surface area contributed by atoms with E-state index in [2.05, 4.69) is 10.3 Å². The Morgan fingerprint density at radius 2 is 1.83 bits per heavy atom. The molecule has 1 rings (SSSR count). The predicted octanol–water partition coefficient (Wildman–Crippen LogP) is 3.58. The second-order valence-electron chi connectivity index (χ2n) is 8.37. The number of amides is 1. The van der Waals surface area contributed by atoms with Crippen molar-refractivity contribution in [3.05, 3.63) is 35.9 Å². The lowest BCUT2D eigenvalue weighted by Crippen LogP contribution is -2.44. The van der Waals surface area contributed by atoms with E-state index in [0.717, 1.165) is 5.56 Å². The van der Waals surface area contributed by atoms with Gasteiger partial charge in [-0.1, -0.05) is 44.2 Å². The molecule has 0 saturated heterocycles. The second kappa shape index (κ2) is 11.9. The fourth-order valence-electron chi connectivity index (χ4n) is 2.52. The molecule has 0 heterocycles. The topological polar surface area (TPSA) is 114 Å². The zero-order valence-electron chi connectivity index (χ0n) is 18.3. The predicted molar refractivity (Wildman–Crippen MR) is 113 cm³/mol. The van der Waals surface area contributed by atoms with Crippen LogP contribution in [0.15, 0.2) is 35.3 Å². The molecule has 2 atom stereocenters. The molecular formula is C22H32N2O6. The number of hydrogen-bond donors (Lipinski definition) is 2. The molecule has 0 aliphatic carbocycles. The second-order valence-corrected chi connectivity index (χ2v) is 8.37. The van der Waals surface area contributed by atoms with Crippen molar-refractivity contribution in [1.82, 2.24) is 5.32 Å². The van der Waals surface area contributed by atoms with Crippen molar-refractivity contribution in [2.24, 2.45) is 10.9 Å². The molecule has 2 N–H and O–H groups in total. The smallest absolute Gasteiger partial charge is 0.408 e. The first kappa shape index (κ1) is 25.1. The van der Waals surface area contributed by atoms with Gasteiger partial charge in [-0.3, -0.25) is 0 Å². The first-order valence-electron chi connectivity index (χ1n) is 9.91. The third-order valence-corrected chi connectivity index (χ3v) is 3.80. The molecule has 0 radical (unpaired) electrons. The van der Waals surface area contributed by atoms with E-state index in [-0.39, 0.29) is 24.8 Å². The summed E-state index contributed by atoms with van der Waals surface area (Å²) in [6.07, 6.45) is 0.137. The van der Waals surface area contributed by atoms with Crippen LogP contribution < -0.4 is 5.32 Å². The van der Waals surface area contributed by atoms with E-state index in [4.69, 9.17) is 9.47 Å². The highest BCUT2D eigenvalue weighted by Gasteiger charge is 2.26. The maximum atomic E-state index is 12.0. The molecule has 166 valence electrons. The highest BCUT2D eigenvalue weighted by atomic mass is 16.6. The minimum absolute atomic E-state index is 0.0834. The van der Waals surface area contributed by atoms with Gasteiger partial charge in [-0.15, -0.1) is 0 Å². The van der Waals surface area contributed by atoms with E-state index < -0.39 is 29.7 Å². The first-order valence-corrected chi connectivity index (χ1v) is 9.91. The number of carboxylic acids is 1. The molecule has 0 unspecified atom stereocenters. The van der Waals surface area contributed by atoms with E-state index in [9.17, 15) is 19.5 Å². The summed E-state index contributed by atoms with van der Waals surface area (Å²) in [6.45, 7) is 9.11. The van der Waals surface area contributed by atoms with Crippen LogP contribution in [0.3, 0.4) is 0 Å². The van der Waals surface area contributed by atoms with Crippen LogP contribution in [0.4, 0.5) is 4.79 Å². The molecule has 0 aliphatic heterocycles. The molecule has 0 bridgehead atoms. The number of aliphatic carboxylic acids is 1. The Morgan fingerprint density at radius 1 is 1.20 bits per heavy atom. The van der Waals surface area contributed by atoms with Crippen molar-refractivity contribution in [2.75, 3.05) is 0 Å². The largest absolute Gasteiger partial charge is 0.480 e. The Labute approximate surface area is 177 Å². The zero-order valence-corrected chi connectivity index (χ0v) is 18.3. The number of alkyl carbamates (subject to hydrolysis) is 1. The van der Waals surface area contributed by atoms with Gasteiger partial charge in [-0.25, -0.2) is 14.6 Å².